The Labute approximate surface area is 138 Å². The molecule has 0 bridgehead atoms. The minimum absolute atomic E-state index is 0.0217. The lowest BCUT2D eigenvalue weighted by Crippen LogP contribution is -2.42. The molecule has 0 atom stereocenters. The van der Waals surface area contributed by atoms with Crippen LogP contribution in [0.1, 0.15) is 27.9 Å². The molecule has 0 aromatic heterocycles. The third kappa shape index (κ3) is 3.91. The quantitative estimate of drug-likeness (QED) is 0.833. The average Bonchev–Trinajstić information content (AvgIpc) is 2.72. The predicted octanol–water partition coefficient (Wildman–Crippen LogP) is 1.26. The Morgan fingerprint density at radius 2 is 1.78 bits per heavy atom. The molecule has 0 aliphatic carbocycles. The summed E-state index contributed by atoms with van der Waals surface area (Å²) in [5.41, 5.74) is 2.77. The van der Waals surface area contributed by atoms with E-state index in [1.165, 1.54) is 22.7 Å². The van der Waals surface area contributed by atoms with Crippen LogP contribution in [0.5, 0.6) is 0 Å². The summed E-state index contributed by atoms with van der Waals surface area (Å²) >= 11 is 0. The lowest BCUT2D eigenvalue weighted by atomic mass is 10.0. The molecular formula is C16H25N3O3S. The Hall–Kier alpha value is -1.44. The first kappa shape index (κ1) is 17.9. The number of hydrogen-bond acceptors (Lipinski definition) is 3. The number of benzene rings is 1. The van der Waals surface area contributed by atoms with Crippen LogP contribution in [0.15, 0.2) is 18.2 Å². The summed E-state index contributed by atoms with van der Waals surface area (Å²) in [5.74, 6) is -0.0217. The van der Waals surface area contributed by atoms with E-state index in [0.717, 1.165) is 11.1 Å². The monoisotopic (exact) mass is 339 g/mol. The van der Waals surface area contributed by atoms with Gasteiger partial charge in [0.2, 0.25) is 0 Å². The first-order valence-corrected chi connectivity index (χ1v) is 9.17. The second-order valence-corrected chi connectivity index (χ2v) is 8.30. The van der Waals surface area contributed by atoms with Gasteiger partial charge in [0, 0.05) is 45.8 Å². The fourth-order valence-corrected chi connectivity index (χ4v) is 3.92. The van der Waals surface area contributed by atoms with E-state index in [0.29, 0.717) is 38.2 Å². The molecule has 0 unspecified atom stereocenters. The molecule has 1 aromatic rings. The van der Waals surface area contributed by atoms with Crippen molar-refractivity contribution in [2.45, 2.75) is 20.3 Å². The van der Waals surface area contributed by atoms with Crippen molar-refractivity contribution in [1.82, 2.24) is 13.5 Å². The molecule has 1 amide bonds. The number of rotatable bonds is 3. The standard InChI is InChI=1S/C16H25N3O3S/c1-13-6-7-15(14(2)12-13)16(20)18-8-5-9-19(11-10-18)23(21,22)17(3)4/h6-7,12H,5,8-11H2,1-4H3. The molecule has 1 aliphatic heterocycles. The Morgan fingerprint density at radius 1 is 1.09 bits per heavy atom. The van der Waals surface area contributed by atoms with E-state index in [1.807, 2.05) is 32.0 Å². The largest absolute Gasteiger partial charge is 0.337 e. The van der Waals surface area contributed by atoms with Crippen molar-refractivity contribution < 1.29 is 13.2 Å². The van der Waals surface area contributed by atoms with Crippen molar-refractivity contribution in [2.24, 2.45) is 0 Å². The number of amides is 1. The summed E-state index contributed by atoms with van der Waals surface area (Å²) in [6.45, 7) is 5.69. The maximum atomic E-state index is 12.7. The van der Waals surface area contributed by atoms with Gasteiger partial charge in [-0.2, -0.15) is 17.0 Å². The third-order valence-electron chi connectivity index (χ3n) is 4.14. The molecule has 128 valence electrons. The van der Waals surface area contributed by atoms with Crippen LogP contribution in [-0.2, 0) is 10.2 Å². The molecule has 0 N–H and O–H groups in total. The third-order valence-corrected chi connectivity index (χ3v) is 6.08. The molecule has 0 radical (unpaired) electrons. The van der Waals surface area contributed by atoms with E-state index >= 15 is 0 Å². The van der Waals surface area contributed by atoms with E-state index in [-0.39, 0.29) is 5.91 Å². The van der Waals surface area contributed by atoms with Gasteiger partial charge in [0.1, 0.15) is 0 Å². The van der Waals surface area contributed by atoms with Crippen molar-refractivity contribution in [1.29, 1.82) is 0 Å². The Morgan fingerprint density at radius 3 is 2.39 bits per heavy atom. The van der Waals surface area contributed by atoms with Crippen LogP contribution in [-0.4, -0.2) is 68.1 Å². The lowest BCUT2D eigenvalue weighted by molar-refractivity contribution is 0.0763. The van der Waals surface area contributed by atoms with Gasteiger partial charge in [-0.1, -0.05) is 17.7 Å². The minimum Gasteiger partial charge on any atom is -0.337 e. The summed E-state index contributed by atoms with van der Waals surface area (Å²) in [6.07, 6.45) is 0.643. The second-order valence-electron chi connectivity index (χ2n) is 6.15. The summed E-state index contributed by atoms with van der Waals surface area (Å²) in [4.78, 5) is 14.5. The van der Waals surface area contributed by atoms with Gasteiger partial charge < -0.3 is 4.90 Å². The van der Waals surface area contributed by atoms with Gasteiger partial charge in [-0.05, 0) is 31.9 Å². The van der Waals surface area contributed by atoms with E-state index in [2.05, 4.69) is 0 Å². The van der Waals surface area contributed by atoms with Crippen LogP contribution >= 0.6 is 0 Å². The highest BCUT2D eigenvalue weighted by Gasteiger charge is 2.28. The van der Waals surface area contributed by atoms with Crippen LogP contribution in [0.4, 0.5) is 0 Å². The van der Waals surface area contributed by atoms with E-state index in [9.17, 15) is 13.2 Å². The topological polar surface area (TPSA) is 60.9 Å². The summed E-state index contributed by atoms with van der Waals surface area (Å²) in [7, 11) is -0.369. The molecule has 1 aromatic carbocycles. The SMILES string of the molecule is Cc1ccc(C(=O)N2CCCN(S(=O)(=O)N(C)C)CC2)c(C)c1. The Bertz CT molecular complexity index is 686. The van der Waals surface area contributed by atoms with E-state index in [4.69, 9.17) is 0 Å². The molecule has 2 rings (SSSR count). The summed E-state index contributed by atoms with van der Waals surface area (Å²) < 4.78 is 27.1. The molecule has 0 saturated carbocycles. The molecule has 6 nitrogen and oxygen atoms in total. The molecule has 0 spiro atoms. The molecule has 23 heavy (non-hydrogen) atoms. The van der Waals surface area contributed by atoms with Crippen molar-refractivity contribution in [3.63, 3.8) is 0 Å². The molecular weight excluding hydrogens is 314 g/mol. The average molecular weight is 339 g/mol. The van der Waals surface area contributed by atoms with E-state index in [1.54, 1.807) is 4.90 Å². The smallest absolute Gasteiger partial charge is 0.281 e. The Kier molecular flexibility index (Phi) is 5.44. The zero-order valence-corrected chi connectivity index (χ0v) is 15.1. The number of carbonyl (C=O) groups excluding carboxylic acids is 1. The highest BCUT2D eigenvalue weighted by Crippen LogP contribution is 2.16. The van der Waals surface area contributed by atoms with Crippen LogP contribution in [0, 0.1) is 13.8 Å². The molecule has 7 heteroatoms. The van der Waals surface area contributed by atoms with Crippen molar-refractivity contribution >= 4 is 16.1 Å². The first-order valence-electron chi connectivity index (χ1n) is 7.77. The van der Waals surface area contributed by atoms with Gasteiger partial charge in [-0.3, -0.25) is 4.79 Å². The number of nitrogens with zero attached hydrogens (tertiary/aromatic N) is 3. The highest BCUT2D eigenvalue weighted by molar-refractivity contribution is 7.86. The normalized spacial score (nSPS) is 17.3. The van der Waals surface area contributed by atoms with Crippen LogP contribution in [0.3, 0.4) is 0 Å². The number of aryl methyl sites for hydroxylation is 2. The molecule has 1 heterocycles. The van der Waals surface area contributed by atoms with Gasteiger partial charge in [0.25, 0.3) is 16.1 Å². The van der Waals surface area contributed by atoms with Crippen molar-refractivity contribution in [2.75, 3.05) is 40.3 Å². The highest BCUT2D eigenvalue weighted by atomic mass is 32.2. The molecule has 1 saturated heterocycles. The van der Waals surface area contributed by atoms with Crippen LogP contribution in [0.25, 0.3) is 0 Å². The van der Waals surface area contributed by atoms with Gasteiger partial charge in [0.05, 0.1) is 0 Å². The second kappa shape index (κ2) is 6.98. The predicted molar refractivity (Wildman–Crippen MR) is 90.6 cm³/mol. The van der Waals surface area contributed by atoms with Gasteiger partial charge in [0.15, 0.2) is 0 Å². The maximum absolute atomic E-state index is 12.7. The molecule has 1 aliphatic rings. The number of hydrogen-bond donors (Lipinski definition) is 0. The fourth-order valence-electron chi connectivity index (χ4n) is 2.78. The first-order chi connectivity index (χ1) is 10.7. The summed E-state index contributed by atoms with van der Waals surface area (Å²) in [5, 5.41) is 0. The summed E-state index contributed by atoms with van der Waals surface area (Å²) in [6, 6.07) is 5.78. The number of carbonyl (C=O) groups is 1. The fraction of sp³-hybridized carbons (Fsp3) is 0.562. The van der Waals surface area contributed by atoms with Crippen molar-refractivity contribution in [3.05, 3.63) is 34.9 Å². The van der Waals surface area contributed by atoms with Gasteiger partial charge in [-0.25, -0.2) is 0 Å². The Balaban J connectivity index is 2.13. The van der Waals surface area contributed by atoms with Crippen LogP contribution in [0.2, 0.25) is 0 Å². The maximum Gasteiger partial charge on any atom is 0.281 e. The van der Waals surface area contributed by atoms with Gasteiger partial charge >= 0.3 is 0 Å². The molecule has 1 fully saturated rings. The minimum atomic E-state index is -3.42. The van der Waals surface area contributed by atoms with Crippen LogP contribution < -0.4 is 0 Å². The zero-order chi connectivity index (χ0) is 17.2. The van der Waals surface area contributed by atoms with E-state index < -0.39 is 10.2 Å². The lowest BCUT2D eigenvalue weighted by Gasteiger charge is -2.24. The van der Waals surface area contributed by atoms with Crippen molar-refractivity contribution in [3.8, 4) is 0 Å². The van der Waals surface area contributed by atoms with Gasteiger partial charge in [-0.15, -0.1) is 0 Å². The zero-order valence-electron chi connectivity index (χ0n) is 14.2.